The van der Waals surface area contributed by atoms with Crippen molar-refractivity contribution in [2.24, 2.45) is 0 Å². The Hall–Kier alpha value is -3.72. The number of fused-ring (bicyclic) bond motifs is 1. The number of aryl methyl sites for hydroxylation is 1. The number of hydrogen-bond acceptors (Lipinski definition) is 8. The predicted octanol–water partition coefficient (Wildman–Crippen LogP) is 4.39. The second-order valence-corrected chi connectivity index (χ2v) is 7.51. The SMILES string of the molecule is COc1cc2nccc(Oc3ccc(CC(=O)Nc4nc(C)cs4)c(OC)c3)c2cn1. The van der Waals surface area contributed by atoms with Crippen molar-refractivity contribution in [1.29, 1.82) is 0 Å². The van der Waals surface area contributed by atoms with Crippen LogP contribution in [-0.4, -0.2) is 35.1 Å². The van der Waals surface area contributed by atoms with Gasteiger partial charge in [-0.1, -0.05) is 6.07 Å². The van der Waals surface area contributed by atoms with E-state index in [2.05, 4.69) is 20.3 Å². The molecule has 0 saturated carbocycles. The molecule has 1 N–H and O–H groups in total. The molecule has 4 rings (SSSR count). The second kappa shape index (κ2) is 8.97. The Morgan fingerprint density at radius 1 is 1.10 bits per heavy atom. The molecule has 0 aliphatic rings. The lowest BCUT2D eigenvalue weighted by Crippen LogP contribution is -2.14. The van der Waals surface area contributed by atoms with Crippen molar-refractivity contribution < 1.29 is 19.0 Å². The fraction of sp³-hybridized carbons (Fsp3) is 0.182. The van der Waals surface area contributed by atoms with Crippen LogP contribution in [0.5, 0.6) is 23.1 Å². The lowest BCUT2D eigenvalue weighted by molar-refractivity contribution is -0.115. The largest absolute Gasteiger partial charge is 0.496 e. The molecule has 3 aromatic heterocycles. The van der Waals surface area contributed by atoms with Gasteiger partial charge in [-0.3, -0.25) is 9.78 Å². The molecule has 9 heteroatoms. The van der Waals surface area contributed by atoms with Crippen molar-refractivity contribution in [3.63, 3.8) is 0 Å². The standard InChI is InChI=1S/C22H20N4O4S/c1-13-12-31-22(25-13)26-20(27)8-14-4-5-15(9-19(14)28-2)30-18-6-7-23-17-10-21(29-3)24-11-16(17)18/h4-7,9-12H,8H2,1-3H3,(H,25,26,27). The maximum atomic E-state index is 12.4. The Bertz CT molecular complexity index is 1240. The maximum Gasteiger partial charge on any atom is 0.230 e. The number of pyridine rings is 2. The highest BCUT2D eigenvalue weighted by Gasteiger charge is 2.13. The number of carbonyl (C=O) groups excluding carboxylic acids is 1. The zero-order chi connectivity index (χ0) is 21.8. The first-order valence-corrected chi connectivity index (χ1v) is 10.3. The Morgan fingerprint density at radius 3 is 2.71 bits per heavy atom. The Kier molecular flexibility index (Phi) is 5.94. The summed E-state index contributed by atoms with van der Waals surface area (Å²) in [5.41, 5.74) is 2.32. The fourth-order valence-electron chi connectivity index (χ4n) is 3.01. The number of carbonyl (C=O) groups is 1. The molecule has 0 radical (unpaired) electrons. The van der Waals surface area contributed by atoms with Crippen molar-refractivity contribution in [2.75, 3.05) is 19.5 Å². The minimum atomic E-state index is -0.165. The minimum absolute atomic E-state index is 0.157. The topological polar surface area (TPSA) is 95.5 Å². The van der Waals surface area contributed by atoms with Crippen molar-refractivity contribution in [3.8, 4) is 23.1 Å². The molecule has 0 spiro atoms. The summed E-state index contributed by atoms with van der Waals surface area (Å²) in [6.07, 6.45) is 3.48. The van der Waals surface area contributed by atoms with Crippen LogP contribution < -0.4 is 19.5 Å². The number of ether oxygens (including phenoxy) is 3. The Labute approximate surface area is 182 Å². The van der Waals surface area contributed by atoms with E-state index in [-0.39, 0.29) is 12.3 Å². The van der Waals surface area contributed by atoms with Gasteiger partial charge in [-0.15, -0.1) is 11.3 Å². The number of benzene rings is 1. The highest BCUT2D eigenvalue weighted by atomic mass is 32.1. The van der Waals surface area contributed by atoms with Gasteiger partial charge < -0.3 is 19.5 Å². The third-order valence-electron chi connectivity index (χ3n) is 4.47. The Morgan fingerprint density at radius 2 is 1.97 bits per heavy atom. The molecule has 1 aromatic carbocycles. The molecule has 0 aliphatic carbocycles. The van der Waals surface area contributed by atoms with Crippen LogP contribution in [0, 0.1) is 6.92 Å². The quantitative estimate of drug-likeness (QED) is 0.459. The summed E-state index contributed by atoms with van der Waals surface area (Å²) in [6, 6.07) is 8.86. The lowest BCUT2D eigenvalue weighted by Gasteiger charge is -2.13. The number of hydrogen-bond donors (Lipinski definition) is 1. The zero-order valence-corrected chi connectivity index (χ0v) is 18.0. The molecule has 1 amide bonds. The second-order valence-electron chi connectivity index (χ2n) is 6.65. The normalized spacial score (nSPS) is 10.7. The van der Waals surface area contributed by atoms with Crippen LogP contribution in [0.4, 0.5) is 5.13 Å². The van der Waals surface area contributed by atoms with Gasteiger partial charge in [0.1, 0.15) is 17.2 Å². The zero-order valence-electron chi connectivity index (χ0n) is 17.2. The van der Waals surface area contributed by atoms with E-state index in [1.54, 1.807) is 50.9 Å². The molecule has 0 fully saturated rings. The molecule has 158 valence electrons. The molecule has 31 heavy (non-hydrogen) atoms. The first-order chi connectivity index (χ1) is 15.1. The van der Waals surface area contributed by atoms with Crippen LogP contribution >= 0.6 is 11.3 Å². The minimum Gasteiger partial charge on any atom is -0.496 e. The molecule has 0 atom stereocenters. The summed E-state index contributed by atoms with van der Waals surface area (Å²) in [7, 11) is 3.11. The number of aromatic nitrogens is 3. The van der Waals surface area contributed by atoms with Crippen LogP contribution in [0.15, 0.2) is 48.1 Å². The van der Waals surface area contributed by atoms with Crippen molar-refractivity contribution in [1.82, 2.24) is 15.0 Å². The molecule has 0 bridgehead atoms. The van der Waals surface area contributed by atoms with E-state index in [1.165, 1.54) is 11.3 Å². The van der Waals surface area contributed by atoms with Crippen LogP contribution in [0.2, 0.25) is 0 Å². The summed E-state index contributed by atoms with van der Waals surface area (Å²) >= 11 is 1.39. The summed E-state index contributed by atoms with van der Waals surface area (Å²) in [4.78, 5) is 25.2. The van der Waals surface area contributed by atoms with E-state index in [1.807, 2.05) is 18.4 Å². The number of anilines is 1. The molecule has 0 aliphatic heterocycles. The molecule has 8 nitrogen and oxygen atoms in total. The Balaban J connectivity index is 1.53. The number of amides is 1. The van der Waals surface area contributed by atoms with Crippen molar-refractivity contribution in [2.45, 2.75) is 13.3 Å². The summed E-state index contributed by atoms with van der Waals surface area (Å²) in [6.45, 7) is 1.88. The van der Waals surface area contributed by atoms with E-state index < -0.39 is 0 Å². The average molecular weight is 436 g/mol. The van der Waals surface area contributed by atoms with Crippen molar-refractivity contribution in [3.05, 3.63) is 59.4 Å². The maximum absolute atomic E-state index is 12.4. The fourth-order valence-corrected chi connectivity index (χ4v) is 3.71. The molecule has 0 saturated heterocycles. The lowest BCUT2D eigenvalue weighted by atomic mass is 10.1. The van der Waals surface area contributed by atoms with E-state index in [9.17, 15) is 4.79 Å². The molecule has 3 heterocycles. The van der Waals surface area contributed by atoms with E-state index in [0.717, 1.165) is 16.6 Å². The van der Waals surface area contributed by atoms with Gasteiger partial charge in [0.05, 0.1) is 37.2 Å². The predicted molar refractivity (Wildman–Crippen MR) is 118 cm³/mol. The molecular weight excluding hydrogens is 416 g/mol. The van der Waals surface area contributed by atoms with Crippen molar-refractivity contribution >= 4 is 33.3 Å². The number of thiazole rings is 1. The average Bonchev–Trinajstić information content (AvgIpc) is 3.18. The summed E-state index contributed by atoms with van der Waals surface area (Å²) < 4.78 is 16.7. The van der Waals surface area contributed by atoms with Gasteiger partial charge in [-0.2, -0.15) is 0 Å². The molecular formula is C22H20N4O4S. The third-order valence-corrected chi connectivity index (χ3v) is 5.35. The van der Waals surface area contributed by atoms with E-state index >= 15 is 0 Å². The first kappa shape index (κ1) is 20.5. The number of nitrogens with one attached hydrogen (secondary N) is 1. The number of rotatable bonds is 7. The van der Waals surface area contributed by atoms with Crippen LogP contribution in [0.25, 0.3) is 10.9 Å². The summed E-state index contributed by atoms with van der Waals surface area (Å²) in [5.74, 6) is 2.05. The van der Waals surface area contributed by atoms with E-state index in [0.29, 0.717) is 33.8 Å². The summed E-state index contributed by atoms with van der Waals surface area (Å²) in [5, 5.41) is 6.02. The van der Waals surface area contributed by atoms with Crippen LogP contribution in [0.3, 0.4) is 0 Å². The van der Waals surface area contributed by atoms with Gasteiger partial charge in [0.15, 0.2) is 5.13 Å². The third kappa shape index (κ3) is 4.72. The van der Waals surface area contributed by atoms with Gasteiger partial charge in [-0.25, -0.2) is 9.97 Å². The number of nitrogens with zero attached hydrogens (tertiary/aromatic N) is 3. The van der Waals surface area contributed by atoms with Crippen LogP contribution in [-0.2, 0) is 11.2 Å². The monoisotopic (exact) mass is 436 g/mol. The van der Waals surface area contributed by atoms with Crippen LogP contribution in [0.1, 0.15) is 11.3 Å². The first-order valence-electron chi connectivity index (χ1n) is 9.41. The van der Waals surface area contributed by atoms with Gasteiger partial charge in [-0.05, 0) is 19.1 Å². The smallest absolute Gasteiger partial charge is 0.230 e. The van der Waals surface area contributed by atoms with Gasteiger partial charge in [0.2, 0.25) is 11.8 Å². The van der Waals surface area contributed by atoms with Gasteiger partial charge in [0.25, 0.3) is 0 Å². The molecule has 0 unspecified atom stereocenters. The van der Waals surface area contributed by atoms with Gasteiger partial charge >= 0.3 is 0 Å². The van der Waals surface area contributed by atoms with E-state index in [4.69, 9.17) is 14.2 Å². The number of methoxy groups -OCH3 is 2. The highest BCUT2D eigenvalue weighted by molar-refractivity contribution is 7.13. The molecule has 4 aromatic rings. The van der Waals surface area contributed by atoms with Gasteiger partial charge in [0, 0.05) is 35.5 Å². The highest BCUT2D eigenvalue weighted by Crippen LogP contribution is 2.32.